The van der Waals surface area contributed by atoms with Crippen LogP contribution in [0.5, 0.6) is 11.5 Å². The first kappa shape index (κ1) is 21.2. The molecule has 0 radical (unpaired) electrons. The van der Waals surface area contributed by atoms with Gasteiger partial charge in [0.25, 0.3) is 0 Å². The van der Waals surface area contributed by atoms with Gasteiger partial charge in [0.15, 0.2) is 6.61 Å². The van der Waals surface area contributed by atoms with Crippen molar-refractivity contribution in [3.05, 3.63) is 71.5 Å². The number of hydrogen-bond acceptors (Lipinski definition) is 4. The number of rotatable bonds is 8. The molecule has 0 saturated heterocycles. The Morgan fingerprint density at radius 3 is 2.13 bits per heavy atom. The number of carbonyl (C=O) groups excluding carboxylic acids is 2. The average Bonchev–Trinajstić information content (AvgIpc) is 3.02. The van der Waals surface area contributed by atoms with Crippen LogP contribution in [0.3, 0.4) is 0 Å². The van der Waals surface area contributed by atoms with Crippen LogP contribution < -0.4 is 14.8 Å². The molecule has 30 heavy (non-hydrogen) atoms. The van der Waals surface area contributed by atoms with Gasteiger partial charge >= 0.3 is 0 Å². The predicted molar refractivity (Wildman–Crippen MR) is 117 cm³/mol. The summed E-state index contributed by atoms with van der Waals surface area (Å²) in [6.45, 7) is 7.86. The normalized spacial score (nSPS) is 10.5. The molecule has 0 aliphatic heterocycles. The van der Waals surface area contributed by atoms with Gasteiger partial charge in [-0.05, 0) is 75.4 Å². The fourth-order valence-corrected chi connectivity index (χ4v) is 3.36. The van der Waals surface area contributed by atoms with Crippen LogP contribution in [0.15, 0.2) is 54.6 Å². The highest BCUT2D eigenvalue weighted by molar-refractivity contribution is 5.98. The Kier molecular flexibility index (Phi) is 6.57. The molecule has 0 fully saturated rings. The van der Waals surface area contributed by atoms with Gasteiger partial charge in [-0.1, -0.05) is 0 Å². The Hall–Kier alpha value is -3.54. The van der Waals surface area contributed by atoms with Crippen molar-refractivity contribution in [1.82, 2.24) is 4.57 Å². The molecule has 2 aromatic carbocycles. The number of nitrogens with zero attached hydrogens (tertiary/aromatic N) is 1. The van der Waals surface area contributed by atoms with Gasteiger partial charge in [-0.15, -0.1) is 0 Å². The number of aryl methyl sites for hydroxylation is 1. The van der Waals surface area contributed by atoms with E-state index in [-0.39, 0.29) is 18.3 Å². The molecule has 156 valence electrons. The Balaban J connectivity index is 1.71. The van der Waals surface area contributed by atoms with Crippen LogP contribution in [0.25, 0.3) is 5.69 Å². The molecule has 0 atom stereocenters. The number of carbonyl (C=O) groups is 2. The second-order valence-corrected chi connectivity index (χ2v) is 6.96. The van der Waals surface area contributed by atoms with Gasteiger partial charge in [0.05, 0.1) is 6.61 Å². The number of amides is 1. The second-order valence-electron chi connectivity index (χ2n) is 6.96. The minimum atomic E-state index is -0.137. The lowest BCUT2D eigenvalue weighted by molar-refractivity contribution is -0.114. The third kappa shape index (κ3) is 4.89. The highest BCUT2D eigenvalue weighted by Crippen LogP contribution is 2.24. The smallest absolute Gasteiger partial charge is 0.221 e. The van der Waals surface area contributed by atoms with Gasteiger partial charge in [-0.25, -0.2) is 0 Å². The van der Waals surface area contributed by atoms with E-state index in [1.807, 2.05) is 55.7 Å². The van der Waals surface area contributed by atoms with Crippen LogP contribution in [0.1, 0.15) is 35.6 Å². The third-order valence-corrected chi connectivity index (χ3v) is 4.68. The first-order valence-electron chi connectivity index (χ1n) is 9.85. The predicted octanol–water partition coefficient (Wildman–Crippen LogP) is 4.71. The number of ketones is 1. The molecular weight excluding hydrogens is 380 g/mol. The summed E-state index contributed by atoms with van der Waals surface area (Å²) in [5.41, 5.74) is 4.13. The standard InChI is InChI=1S/C24H26N2O4/c1-5-29-21-12-8-20(9-13-21)26-16(2)14-23(17(26)3)24(28)15-30-22-10-6-19(7-11-22)25-18(4)27/h6-14H,5,15H2,1-4H3,(H,25,27). The van der Waals surface area contributed by atoms with Gasteiger partial charge < -0.3 is 19.4 Å². The van der Waals surface area contributed by atoms with E-state index >= 15 is 0 Å². The average molecular weight is 406 g/mol. The van der Waals surface area contributed by atoms with Crippen molar-refractivity contribution in [2.24, 2.45) is 0 Å². The topological polar surface area (TPSA) is 69.6 Å². The molecular formula is C24H26N2O4. The van der Waals surface area contributed by atoms with Crippen molar-refractivity contribution < 1.29 is 19.1 Å². The summed E-state index contributed by atoms with van der Waals surface area (Å²) in [5, 5.41) is 2.69. The molecule has 0 bridgehead atoms. The molecule has 1 aromatic heterocycles. The molecule has 6 nitrogen and oxygen atoms in total. The number of nitrogens with one attached hydrogen (secondary N) is 1. The molecule has 0 aliphatic carbocycles. The van der Waals surface area contributed by atoms with Crippen LogP contribution >= 0.6 is 0 Å². The molecule has 6 heteroatoms. The minimum Gasteiger partial charge on any atom is -0.494 e. The molecule has 0 spiro atoms. The van der Waals surface area contributed by atoms with Crippen molar-refractivity contribution in [2.45, 2.75) is 27.7 Å². The quantitative estimate of drug-likeness (QED) is 0.550. The minimum absolute atomic E-state index is 0.0624. The Morgan fingerprint density at radius 1 is 0.933 bits per heavy atom. The van der Waals surface area contributed by atoms with Gasteiger partial charge in [-0.3, -0.25) is 9.59 Å². The van der Waals surface area contributed by atoms with Crippen LogP contribution in [0.4, 0.5) is 5.69 Å². The molecule has 1 heterocycles. The molecule has 0 unspecified atom stereocenters. The monoisotopic (exact) mass is 406 g/mol. The lowest BCUT2D eigenvalue weighted by atomic mass is 10.1. The zero-order chi connectivity index (χ0) is 21.7. The van der Waals surface area contributed by atoms with Gasteiger partial charge in [-0.2, -0.15) is 0 Å². The van der Waals surface area contributed by atoms with E-state index in [4.69, 9.17) is 9.47 Å². The maximum Gasteiger partial charge on any atom is 0.221 e. The van der Waals surface area contributed by atoms with Gasteiger partial charge in [0.1, 0.15) is 11.5 Å². The zero-order valence-corrected chi connectivity index (χ0v) is 17.7. The lowest BCUT2D eigenvalue weighted by Crippen LogP contribution is -2.13. The third-order valence-electron chi connectivity index (χ3n) is 4.68. The number of benzene rings is 2. The van der Waals surface area contributed by atoms with Crippen LogP contribution in [-0.4, -0.2) is 29.5 Å². The van der Waals surface area contributed by atoms with Crippen LogP contribution in [0.2, 0.25) is 0 Å². The number of Topliss-reactive ketones (excluding diaryl/α,β-unsaturated/α-hetero) is 1. The maximum absolute atomic E-state index is 12.8. The highest BCUT2D eigenvalue weighted by Gasteiger charge is 2.17. The summed E-state index contributed by atoms with van der Waals surface area (Å²) in [4.78, 5) is 23.9. The molecule has 1 amide bonds. The fourth-order valence-electron chi connectivity index (χ4n) is 3.36. The summed E-state index contributed by atoms with van der Waals surface area (Å²) in [6.07, 6.45) is 0. The van der Waals surface area contributed by atoms with Crippen LogP contribution in [-0.2, 0) is 4.79 Å². The van der Waals surface area contributed by atoms with E-state index in [0.717, 1.165) is 22.8 Å². The van der Waals surface area contributed by atoms with Gasteiger partial charge in [0.2, 0.25) is 11.7 Å². The van der Waals surface area contributed by atoms with Crippen molar-refractivity contribution in [3.63, 3.8) is 0 Å². The highest BCUT2D eigenvalue weighted by atomic mass is 16.5. The van der Waals surface area contributed by atoms with E-state index in [1.54, 1.807) is 24.3 Å². The number of anilines is 1. The van der Waals surface area contributed by atoms with E-state index in [2.05, 4.69) is 5.32 Å². The fraction of sp³-hybridized carbons (Fsp3) is 0.250. The maximum atomic E-state index is 12.8. The van der Waals surface area contributed by atoms with E-state index in [1.165, 1.54) is 6.92 Å². The Morgan fingerprint density at radius 2 is 1.53 bits per heavy atom. The number of hydrogen-bond donors (Lipinski definition) is 1. The molecule has 3 rings (SSSR count). The van der Waals surface area contributed by atoms with Crippen molar-refractivity contribution >= 4 is 17.4 Å². The van der Waals surface area contributed by atoms with E-state index in [9.17, 15) is 9.59 Å². The summed E-state index contributed by atoms with van der Waals surface area (Å²) >= 11 is 0. The van der Waals surface area contributed by atoms with Crippen molar-refractivity contribution in [1.29, 1.82) is 0 Å². The molecule has 0 aliphatic rings. The van der Waals surface area contributed by atoms with Gasteiger partial charge in [0, 0.05) is 35.2 Å². The lowest BCUT2D eigenvalue weighted by Gasteiger charge is -2.11. The molecule has 0 saturated carbocycles. The zero-order valence-electron chi connectivity index (χ0n) is 17.7. The largest absolute Gasteiger partial charge is 0.494 e. The number of aromatic nitrogens is 1. The van der Waals surface area contributed by atoms with Crippen LogP contribution in [0, 0.1) is 13.8 Å². The first-order valence-corrected chi connectivity index (χ1v) is 9.85. The SMILES string of the molecule is CCOc1ccc(-n2c(C)cc(C(=O)COc3ccc(NC(C)=O)cc3)c2C)cc1. The Labute approximate surface area is 176 Å². The number of ether oxygens (including phenoxy) is 2. The molecule has 1 N–H and O–H groups in total. The summed E-state index contributed by atoms with van der Waals surface area (Å²) in [6, 6.07) is 16.6. The van der Waals surface area contributed by atoms with E-state index < -0.39 is 0 Å². The van der Waals surface area contributed by atoms with Crippen molar-refractivity contribution in [2.75, 3.05) is 18.5 Å². The van der Waals surface area contributed by atoms with Crippen molar-refractivity contribution in [3.8, 4) is 17.2 Å². The second kappa shape index (κ2) is 9.31. The summed E-state index contributed by atoms with van der Waals surface area (Å²) in [7, 11) is 0. The Bertz CT molecular complexity index is 1030. The van der Waals surface area contributed by atoms with E-state index in [0.29, 0.717) is 23.6 Å². The molecule has 3 aromatic rings. The summed E-state index contributed by atoms with van der Waals surface area (Å²) in [5.74, 6) is 1.16. The first-order chi connectivity index (χ1) is 14.4. The summed E-state index contributed by atoms with van der Waals surface area (Å²) < 4.78 is 13.2.